The lowest BCUT2D eigenvalue weighted by Crippen LogP contribution is -2.32. The second-order valence-corrected chi connectivity index (χ2v) is 5.11. The summed E-state index contributed by atoms with van der Waals surface area (Å²) in [6, 6.07) is 15.1. The lowest BCUT2D eigenvalue weighted by atomic mass is 10.2. The summed E-state index contributed by atoms with van der Waals surface area (Å²) >= 11 is 5.03. The molecule has 2 aromatic carbocycles. The Bertz CT molecular complexity index is 843. The molecule has 0 atom stereocenters. The van der Waals surface area contributed by atoms with Crippen LogP contribution >= 0.6 is 12.2 Å². The van der Waals surface area contributed by atoms with E-state index >= 15 is 0 Å². The van der Waals surface area contributed by atoms with E-state index in [2.05, 4.69) is 15.6 Å². The molecular formula is C16H13N3O2S. The van der Waals surface area contributed by atoms with Crippen LogP contribution in [0.4, 0.5) is 5.69 Å². The second kappa shape index (κ2) is 5.95. The van der Waals surface area contributed by atoms with Crippen LogP contribution in [-0.2, 0) is 4.79 Å². The Morgan fingerprint density at radius 2 is 1.95 bits per heavy atom. The van der Waals surface area contributed by atoms with Crippen molar-refractivity contribution < 1.29 is 9.21 Å². The molecule has 3 rings (SSSR count). The molecule has 6 heteroatoms. The van der Waals surface area contributed by atoms with E-state index in [1.54, 1.807) is 0 Å². The van der Waals surface area contributed by atoms with Gasteiger partial charge in [0.15, 0.2) is 10.7 Å². The van der Waals surface area contributed by atoms with Gasteiger partial charge in [-0.2, -0.15) is 0 Å². The number of thiocarbonyl (C=S) groups is 1. The number of oxazole rings is 1. The van der Waals surface area contributed by atoms with Crippen molar-refractivity contribution in [3.63, 3.8) is 0 Å². The smallest absolute Gasteiger partial charge is 0.227 e. The van der Waals surface area contributed by atoms with Gasteiger partial charge in [0.05, 0.1) is 0 Å². The van der Waals surface area contributed by atoms with Crippen LogP contribution in [0.3, 0.4) is 0 Å². The molecule has 0 aliphatic carbocycles. The third-order valence-electron chi connectivity index (χ3n) is 2.96. The van der Waals surface area contributed by atoms with Gasteiger partial charge in [-0.3, -0.25) is 4.79 Å². The SMILES string of the molecule is CC(=O)NC(=S)Nc1ccc2oc(-c3ccccc3)nc2c1. The van der Waals surface area contributed by atoms with Crippen LogP contribution in [0.25, 0.3) is 22.6 Å². The monoisotopic (exact) mass is 311 g/mol. The third-order valence-corrected chi connectivity index (χ3v) is 3.16. The lowest BCUT2D eigenvalue weighted by molar-refractivity contribution is -0.117. The third kappa shape index (κ3) is 3.12. The molecule has 0 fully saturated rings. The number of aromatic nitrogens is 1. The zero-order valence-electron chi connectivity index (χ0n) is 11.8. The lowest BCUT2D eigenvalue weighted by Gasteiger charge is -2.07. The maximum absolute atomic E-state index is 11.0. The van der Waals surface area contributed by atoms with Gasteiger partial charge < -0.3 is 15.1 Å². The summed E-state index contributed by atoms with van der Waals surface area (Å²) in [4.78, 5) is 15.4. The Labute approximate surface area is 132 Å². The molecule has 1 amide bonds. The minimum Gasteiger partial charge on any atom is -0.436 e. The number of benzene rings is 2. The van der Waals surface area contributed by atoms with Gasteiger partial charge in [0, 0.05) is 18.2 Å². The molecule has 0 saturated heterocycles. The molecule has 0 radical (unpaired) electrons. The van der Waals surface area contributed by atoms with Crippen molar-refractivity contribution in [3.8, 4) is 11.5 Å². The van der Waals surface area contributed by atoms with Crippen LogP contribution in [-0.4, -0.2) is 16.0 Å². The standard InChI is InChI=1S/C16H13N3O2S/c1-10(20)17-16(22)18-12-7-8-14-13(9-12)19-15(21-14)11-5-3-2-4-6-11/h2-9H,1H3,(H2,17,18,20,22). The average molecular weight is 311 g/mol. The number of nitrogens with one attached hydrogen (secondary N) is 2. The Balaban J connectivity index is 1.87. The van der Waals surface area contributed by atoms with Crippen molar-refractivity contribution in [1.82, 2.24) is 10.3 Å². The number of fused-ring (bicyclic) bond motifs is 1. The summed E-state index contributed by atoms with van der Waals surface area (Å²) < 4.78 is 5.74. The van der Waals surface area contributed by atoms with Crippen LogP contribution in [0.15, 0.2) is 52.9 Å². The van der Waals surface area contributed by atoms with Crippen molar-refractivity contribution in [3.05, 3.63) is 48.5 Å². The number of amides is 1. The van der Waals surface area contributed by atoms with E-state index in [0.717, 1.165) is 16.8 Å². The number of rotatable bonds is 2. The second-order valence-electron chi connectivity index (χ2n) is 4.70. The number of hydrogen-bond acceptors (Lipinski definition) is 4. The van der Waals surface area contributed by atoms with Gasteiger partial charge in [0.1, 0.15) is 5.52 Å². The fourth-order valence-electron chi connectivity index (χ4n) is 2.03. The first kappa shape index (κ1) is 14.2. The average Bonchev–Trinajstić information content (AvgIpc) is 2.90. The molecule has 0 aliphatic heterocycles. The van der Waals surface area contributed by atoms with E-state index in [9.17, 15) is 4.79 Å². The first-order valence-electron chi connectivity index (χ1n) is 6.66. The fraction of sp³-hybridized carbons (Fsp3) is 0.0625. The van der Waals surface area contributed by atoms with Crippen molar-refractivity contribution >= 4 is 40.0 Å². The Morgan fingerprint density at radius 1 is 1.18 bits per heavy atom. The van der Waals surface area contributed by atoms with Gasteiger partial charge in [-0.15, -0.1) is 0 Å². The largest absolute Gasteiger partial charge is 0.436 e. The quantitative estimate of drug-likeness (QED) is 0.711. The number of nitrogens with zero attached hydrogens (tertiary/aromatic N) is 1. The number of carbonyl (C=O) groups excluding carboxylic acids is 1. The van der Waals surface area contributed by atoms with Crippen molar-refractivity contribution in [1.29, 1.82) is 0 Å². The predicted molar refractivity (Wildman–Crippen MR) is 89.5 cm³/mol. The number of anilines is 1. The highest BCUT2D eigenvalue weighted by atomic mass is 32.1. The van der Waals surface area contributed by atoms with Crippen molar-refractivity contribution in [2.45, 2.75) is 6.92 Å². The molecule has 2 N–H and O–H groups in total. The molecule has 1 heterocycles. The minimum absolute atomic E-state index is 0.216. The first-order valence-corrected chi connectivity index (χ1v) is 7.07. The van der Waals surface area contributed by atoms with E-state index in [-0.39, 0.29) is 11.0 Å². The molecule has 0 unspecified atom stereocenters. The Kier molecular flexibility index (Phi) is 3.84. The zero-order valence-corrected chi connectivity index (χ0v) is 12.6. The van der Waals surface area contributed by atoms with Gasteiger partial charge in [-0.05, 0) is 42.5 Å². The Morgan fingerprint density at radius 3 is 2.68 bits per heavy atom. The van der Waals surface area contributed by atoms with Crippen LogP contribution in [0.5, 0.6) is 0 Å². The highest BCUT2D eigenvalue weighted by Crippen LogP contribution is 2.25. The first-order chi connectivity index (χ1) is 10.6. The summed E-state index contributed by atoms with van der Waals surface area (Å²) in [5, 5.41) is 5.69. The molecule has 0 aliphatic rings. The highest BCUT2D eigenvalue weighted by Gasteiger charge is 2.09. The molecule has 110 valence electrons. The van der Waals surface area contributed by atoms with E-state index in [1.807, 2.05) is 48.5 Å². The van der Waals surface area contributed by atoms with Crippen LogP contribution in [0, 0.1) is 0 Å². The maximum atomic E-state index is 11.0. The van der Waals surface area contributed by atoms with Crippen LogP contribution in [0.2, 0.25) is 0 Å². The van der Waals surface area contributed by atoms with Crippen LogP contribution < -0.4 is 10.6 Å². The number of carbonyl (C=O) groups is 1. The van der Waals surface area contributed by atoms with Gasteiger partial charge in [0.2, 0.25) is 11.8 Å². The normalized spacial score (nSPS) is 10.4. The van der Waals surface area contributed by atoms with E-state index in [4.69, 9.17) is 16.6 Å². The summed E-state index contributed by atoms with van der Waals surface area (Å²) in [5.74, 6) is 0.351. The summed E-state index contributed by atoms with van der Waals surface area (Å²) in [6.07, 6.45) is 0. The zero-order chi connectivity index (χ0) is 15.5. The highest BCUT2D eigenvalue weighted by molar-refractivity contribution is 7.80. The van der Waals surface area contributed by atoms with Gasteiger partial charge in [-0.25, -0.2) is 4.98 Å². The molecule has 0 bridgehead atoms. The van der Waals surface area contributed by atoms with Gasteiger partial charge in [-0.1, -0.05) is 18.2 Å². The molecular weight excluding hydrogens is 298 g/mol. The van der Waals surface area contributed by atoms with Gasteiger partial charge >= 0.3 is 0 Å². The topological polar surface area (TPSA) is 67.2 Å². The van der Waals surface area contributed by atoms with E-state index in [1.165, 1.54) is 6.92 Å². The Hall–Kier alpha value is -2.73. The predicted octanol–water partition coefficient (Wildman–Crippen LogP) is 3.33. The summed E-state index contributed by atoms with van der Waals surface area (Å²) in [5.41, 5.74) is 3.06. The molecule has 1 aromatic heterocycles. The minimum atomic E-state index is -0.216. The maximum Gasteiger partial charge on any atom is 0.227 e. The molecule has 5 nitrogen and oxygen atoms in total. The van der Waals surface area contributed by atoms with Gasteiger partial charge in [0.25, 0.3) is 0 Å². The van der Waals surface area contributed by atoms with E-state index < -0.39 is 0 Å². The molecule has 0 spiro atoms. The molecule has 0 saturated carbocycles. The summed E-state index contributed by atoms with van der Waals surface area (Å²) in [7, 11) is 0. The number of hydrogen-bond donors (Lipinski definition) is 2. The van der Waals surface area contributed by atoms with Crippen molar-refractivity contribution in [2.24, 2.45) is 0 Å². The van der Waals surface area contributed by atoms with Crippen LogP contribution in [0.1, 0.15) is 6.92 Å². The summed E-state index contributed by atoms with van der Waals surface area (Å²) in [6.45, 7) is 1.40. The fourth-order valence-corrected chi connectivity index (χ4v) is 2.29. The molecule has 22 heavy (non-hydrogen) atoms. The van der Waals surface area contributed by atoms with Crippen molar-refractivity contribution in [2.75, 3.05) is 5.32 Å². The molecule has 3 aromatic rings. The van der Waals surface area contributed by atoms with E-state index in [0.29, 0.717) is 11.5 Å².